The Balaban J connectivity index is 1.34. The Morgan fingerprint density at radius 1 is 1.05 bits per heavy atom. The van der Waals surface area contributed by atoms with Gasteiger partial charge in [-0.2, -0.15) is 0 Å². The van der Waals surface area contributed by atoms with Crippen molar-refractivity contribution < 1.29 is 14.3 Å². The number of rotatable bonds is 5. The molecule has 0 spiro atoms. The number of hydrogen-bond donors (Lipinski definition) is 0. The van der Waals surface area contributed by atoms with Crippen molar-refractivity contribution in [2.24, 2.45) is 4.99 Å². The monoisotopic (exact) mass is 516 g/mol. The molecule has 0 unspecified atom stereocenters. The minimum absolute atomic E-state index is 0.0940. The molecule has 2 aromatic carbocycles. The van der Waals surface area contributed by atoms with Gasteiger partial charge in [0, 0.05) is 48.4 Å². The highest BCUT2D eigenvalue weighted by Crippen LogP contribution is 2.34. The number of aromatic nitrogens is 1. The van der Waals surface area contributed by atoms with E-state index in [2.05, 4.69) is 31.7 Å². The van der Waals surface area contributed by atoms with Crippen molar-refractivity contribution in [3.8, 4) is 11.3 Å². The third kappa shape index (κ3) is 5.37. The molecule has 7 nitrogen and oxygen atoms in total. The predicted molar refractivity (Wildman–Crippen MR) is 147 cm³/mol. The maximum Gasteiger partial charge on any atom is 0.409 e. The second kappa shape index (κ2) is 10.7. The van der Waals surface area contributed by atoms with E-state index in [0.717, 1.165) is 40.9 Å². The van der Waals surface area contributed by atoms with Crippen molar-refractivity contribution in [1.29, 1.82) is 0 Å². The Kier molecular flexibility index (Phi) is 7.24. The summed E-state index contributed by atoms with van der Waals surface area (Å²) in [4.78, 5) is 38.4. The molecule has 1 fully saturated rings. The molecule has 1 aromatic heterocycles. The van der Waals surface area contributed by atoms with Gasteiger partial charge >= 0.3 is 6.09 Å². The zero-order valence-electron chi connectivity index (χ0n) is 20.9. The van der Waals surface area contributed by atoms with E-state index in [1.54, 1.807) is 28.0 Å². The topological polar surface area (TPSA) is 75.1 Å². The number of pyridine rings is 1. The molecule has 0 atom stereocenters. The second-order valence-corrected chi connectivity index (χ2v) is 9.79. The summed E-state index contributed by atoms with van der Waals surface area (Å²) in [5.41, 5.74) is 6.23. The van der Waals surface area contributed by atoms with Gasteiger partial charge in [0.25, 0.3) is 5.91 Å². The highest BCUT2D eigenvalue weighted by molar-refractivity contribution is 6.35. The molecule has 0 aliphatic carbocycles. The number of carbonyl (C=O) groups is 2. The Morgan fingerprint density at radius 2 is 1.84 bits per heavy atom. The molecule has 0 bridgehead atoms. The Morgan fingerprint density at radius 3 is 2.62 bits per heavy atom. The van der Waals surface area contributed by atoms with E-state index in [9.17, 15) is 9.59 Å². The van der Waals surface area contributed by atoms with Gasteiger partial charge in [-0.25, -0.2) is 9.78 Å². The maximum absolute atomic E-state index is 13.3. The lowest BCUT2D eigenvalue weighted by molar-refractivity contribution is 0.0564. The van der Waals surface area contributed by atoms with Gasteiger partial charge in [-0.1, -0.05) is 35.9 Å². The zero-order valence-corrected chi connectivity index (χ0v) is 21.6. The van der Waals surface area contributed by atoms with Gasteiger partial charge in [0.2, 0.25) is 0 Å². The van der Waals surface area contributed by atoms with Crippen molar-refractivity contribution in [2.75, 3.05) is 32.8 Å². The van der Waals surface area contributed by atoms with Crippen LogP contribution >= 0.6 is 11.6 Å². The van der Waals surface area contributed by atoms with E-state index in [4.69, 9.17) is 26.3 Å². The quantitative estimate of drug-likeness (QED) is 0.305. The summed E-state index contributed by atoms with van der Waals surface area (Å²) < 4.78 is 5.23. The van der Waals surface area contributed by atoms with Gasteiger partial charge in [0.1, 0.15) is 0 Å². The summed E-state index contributed by atoms with van der Waals surface area (Å²) in [6.07, 6.45) is 3.95. The molecular weight excluding hydrogens is 488 g/mol. The van der Waals surface area contributed by atoms with Crippen LogP contribution in [0.25, 0.3) is 22.2 Å². The first-order valence-corrected chi connectivity index (χ1v) is 12.9. The maximum atomic E-state index is 13.3. The number of amides is 2. The number of piperazine rings is 1. The molecule has 2 aliphatic rings. The smallest absolute Gasteiger partial charge is 0.409 e. The van der Waals surface area contributed by atoms with Crippen LogP contribution in [0.5, 0.6) is 0 Å². The summed E-state index contributed by atoms with van der Waals surface area (Å²) in [6.45, 7) is 7.73. The summed E-state index contributed by atoms with van der Waals surface area (Å²) >= 11 is 6.63. The van der Waals surface area contributed by atoms with E-state index in [1.807, 2.05) is 12.1 Å². The van der Waals surface area contributed by atoms with Crippen molar-refractivity contribution in [3.63, 3.8) is 0 Å². The lowest BCUT2D eigenvalue weighted by Crippen LogP contribution is -2.50. The molecule has 5 rings (SSSR count). The number of benzene rings is 2. The van der Waals surface area contributed by atoms with Gasteiger partial charge in [-0.3, -0.25) is 9.79 Å². The van der Waals surface area contributed by atoms with E-state index in [1.165, 1.54) is 5.56 Å². The van der Waals surface area contributed by atoms with E-state index in [0.29, 0.717) is 55.3 Å². The van der Waals surface area contributed by atoms with E-state index in [-0.39, 0.29) is 12.0 Å². The molecule has 1 saturated heterocycles. The fourth-order valence-electron chi connectivity index (χ4n) is 4.68. The minimum atomic E-state index is -0.353. The van der Waals surface area contributed by atoms with Crippen LogP contribution in [0.3, 0.4) is 0 Å². The van der Waals surface area contributed by atoms with Crippen LogP contribution in [0.2, 0.25) is 5.02 Å². The largest absolute Gasteiger partial charge is 0.449 e. The van der Waals surface area contributed by atoms with Crippen molar-refractivity contribution in [3.05, 3.63) is 71.3 Å². The molecule has 0 N–H and O–H groups in total. The molecule has 2 amide bonds. The van der Waals surface area contributed by atoms with E-state index < -0.39 is 0 Å². The highest BCUT2D eigenvalue weighted by Gasteiger charge is 2.26. The van der Waals surface area contributed by atoms with Crippen LogP contribution in [0.15, 0.2) is 60.1 Å². The molecule has 3 aromatic rings. The van der Waals surface area contributed by atoms with Gasteiger partial charge in [0.15, 0.2) is 0 Å². The first-order valence-electron chi connectivity index (χ1n) is 12.5. The van der Waals surface area contributed by atoms with Crippen molar-refractivity contribution in [1.82, 2.24) is 14.8 Å². The Bertz CT molecular complexity index is 1410. The summed E-state index contributed by atoms with van der Waals surface area (Å²) in [5.74, 6) is -0.0940. The molecule has 190 valence electrons. The highest BCUT2D eigenvalue weighted by atomic mass is 35.5. The number of aryl methyl sites for hydroxylation is 1. The average molecular weight is 517 g/mol. The van der Waals surface area contributed by atoms with Crippen molar-refractivity contribution >= 4 is 45.9 Å². The second-order valence-electron chi connectivity index (χ2n) is 9.38. The Labute approximate surface area is 221 Å². The number of carbonyl (C=O) groups excluding carboxylic acids is 2. The molecule has 0 saturated carbocycles. The van der Waals surface area contributed by atoms with Gasteiger partial charge in [-0.15, -0.1) is 6.58 Å². The summed E-state index contributed by atoms with van der Waals surface area (Å²) in [7, 11) is 0. The number of hydrogen-bond acceptors (Lipinski definition) is 5. The number of fused-ring (bicyclic) bond motifs is 2. The van der Waals surface area contributed by atoms with Crippen LogP contribution < -0.4 is 0 Å². The molecule has 3 heterocycles. The van der Waals surface area contributed by atoms with E-state index >= 15 is 0 Å². The number of aliphatic imine (C=N–C) groups is 1. The fourth-order valence-corrected chi connectivity index (χ4v) is 4.94. The zero-order chi connectivity index (χ0) is 25.9. The fraction of sp³-hybridized carbons (Fsp3) is 0.310. The van der Waals surface area contributed by atoms with Crippen LogP contribution in [0.4, 0.5) is 10.5 Å². The van der Waals surface area contributed by atoms with Gasteiger partial charge < -0.3 is 14.5 Å². The lowest BCUT2D eigenvalue weighted by Gasteiger charge is -2.34. The Hall–Kier alpha value is -3.71. The molecule has 2 aliphatic heterocycles. The SMILES string of the molecule is C=CCCOC(=O)N1CCN(C(=O)c2ccc3c(Cl)cc(-c4ccc5c(c4)N=C(C)CC5)nc3c2)CC1. The van der Waals surface area contributed by atoms with Crippen LogP contribution in [-0.4, -0.2) is 65.3 Å². The lowest BCUT2D eigenvalue weighted by atomic mass is 9.99. The van der Waals surface area contributed by atoms with Crippen LogP contribution in [0, 0.1) is 0 Å². The number of ether oxygens (including phenoxy) is 1. The summed E-state index contributed by atoms with van der Waals surface area (Å²) in [6, 6.07) is 13.5. The number of halogens is 1. The molecular formula is C29H29ClN4O3. The normalized spacial score (nSPS) is 15.2. The minimum Gasteiger partial charge on any atom is -0.449 e. The first kappa shape index (κ1) is 25.0. The molecule has 0 radical (unpaired) electrons. The average Bonchev–Trinajstić information content (AvgIpc) is 2.92. The third-order valence-corrected chi connectivity index (χ3v) is 7.14. The third-order valence-electron chi connectivity index (χ3n) is 6.83. The predicted octanol–water partition coefficient (Wildman–Crippen LogP) is 6.06. The number of nitrogens with zero attached hydrogens (tertiary/aromatic N) is 4. The van der Waals surface area contributed by atoms with Crippen molar-refractivity contribution in [2.45, 2.75) is 26.2 Å². The molecule has 8 heteroatoms. The van der Waals surface area contributed by atoms with Crippen LogP contribution in [0.1, 0.15) is 35.7 Å². The van der Waals surface area contributed by atoms with Gasteiger partial charge in [0.05, 0.1) is 28.5 Å². The van der Waals surface area contributed by atoms with Crippen LogP contribution in [-0.2, 0) is 11.2 Å². The molecule has 37 heavy (non-hydrogen) atoms. The first-order chi connectivity index (χ1) is 17.9. The standard InChI is InChI=1S/C29H29ClN4O3/c1-3-4-15-37-29(36)34-13-11-33(12-14-34)28(35)22-9-10-23-24(30)18-26(32-27(23)17-22)21-8-7-20-6-5-19(2)31-25(20)16-21/h3,7-10,16-18H,1,4-6,11-15H2,2H3. The van der Waals surface area contributed by atoms with Gasteiger partial charge in [-0.05, 0) is 56.0 Å². The summed E-state index contributed by atoms with van der Waals surface area (Å²) in [5, 5.41) is 1.38.